The van der Waals surface area contributed by atoms with Crippen LogP contribution in [0.25, 0.3) is 0 Å². The molecule has 0 spiro atoms. The molecule has 0 saturated carbocycles. The Bertz CT molecular complexity index is 633. The molecule has 0 aliphatic rings. The van der Waals surface area contributed by atoms with Gasteiger partial charge < -0.3 is 14.4 Å². The van der Waals surface area contributed by atoms with Crippen LogP contribution >= 0.6 is 0 Å². The number of aromatic amines is 1. The molecule has 7 nitrogen and oxygen atoms in total. The summed E-state index contributed by atoms with van der Waals surface area (Å²) in [4.78, 5) is 31.8. The molecule has 100 valence electrons. The Morgan fingerprint density at radius 2 is 2.26 bits per heavy atom. The number of aromatic nitrogens is 3. The number of hydrogen-bond donors (Lipinski definition) is 1. The normalized spacial score (nSPS) is 12.2. The Morgan fingerprint density at radius 3 is 2.84 bits per heavy atom. The van der Waals surface area contributed by atoms with Crippen molar-refractivity contribution in [2.45, 2.75) is 19.9 Å². The van der Waals surface area contributed by atoms with Gasteiger partial charge in [-0.3, -0.25) is 9.59 Å². The lowest BCUT2D eigenvalue weighted by Gasteiger charge is -2.22. The van der Waals surface area contributed by atoms with Gasteiger partial charge in [-0.15, -0.1) is 0 Å². The topological polar surface area (TPSA) is 92.1 Å². The number of hydrogen-bond acceptors (Lipinski definition) is 5. The third-order valence-corrected chi connectivity index (χ3v) is 2.94. The van der Waals surface area contributed by atoms with Crippen molar-refractivity contribution in [2.24, 2.45) is 0 Å². The summed E-state index contributed by atoms with van der Waals surface area (Å²) in [5.41, 5.74) is 0.174. The van der Waals surface area contributed by atoms with E-state index in [2.05, 4.69) is 15.1 Å². The first-order valence-electron chi connectivity index (χ1n) is 5.74. The second kappa shape index (κ2) is 5.05. The molecule has 1 atom stereocenters. The van der Waals surface area contributed by atoms with E-state index in [1.165, 1.54) is 17.4 Å². The van der Waals surface area contributed by atoms with E-state index in [1.807, 2.05) is 0 Å². The Kier molecular flexibility index (Phi) is 3.46. The molecule has 0 aliphatic carbocycles. The maximum absolute atomic E-state index is 12.2. The highest BCUT2D eigenvalue weighted by atomic mass is 16.5. The molecule has 1 N–H and O–H groups in total. The predicted molar refractivity (Wildman–Crippen MR) is 66.6 cm³/mol. The zero-order valence-corrected chi connectivity index (χ0v) is 10.9. The summed E-state index contributed by atoms with van der Waals surface area (Å²) in [5, 5.41) is 3.78. The van der Waals surface area contributed by atoms with Crippen LogP contribution in [-0.2, 0) is 0 Å². The molecule has 19 heavy (non-hydrogen) atoms. The first-order chi connectivity index (χ1) is 9.00. The van der Waals surface area contributed by atoms with Gasteiger partial charge in [0.15, 0.2) is 0 Å². The van der Waals surface area contributed by atoms with Crippen LogP contribution in [0.5, 0.6) is 0 Å². The molecule has 2 aromatic heterocycles. The van der Waals surface area contributed by atoms with E-state index >= 15 is 0 Å². The molecule has 7 heteroatoms. The van der Waals surface area contributed by atoms with E-state index < -0.39 is 11.5 Å². The summed E-state index contributed by atoms with van der Waals surface area (Å²) in [7, 11) is 1.60. The van der Waals surface area contributed by atoms with Crippen LogP contribution in [0.15, 0.2) is 27.8 Å². The minimum absolute atomic E-state index is 0.00319. The fourth-order valence-electron chi connectivity index (χ4n) is 1.64. The molecule has 2 rings (SSSR count). The lowest BCUT2D eigenvalue weighted by Crippen LogP contribution is -2.34. The molecule has 0 bridgehead atoms. The molecule has 0 fully saturated rings. The summed E-state index contributed by atoms with van der Waals surface area (Å²) in [6, 6.07) is 1.37. The smallest absolute Gasteiger partial charge is 0.263 e. The number of carbonyl (C=O) groups excluding carboxylic acids is 1. The van der Waals surface area contributed by atoms with Crippen LogP contribution in [0.2, 0.25) is 0 Å². The van der Waals surface area contributed by atoms with Gasteiger partial charge in [-0.1, -0.05) is 5.16 Å². The van der Waals surface area contributed by atoms with E-state index in [4.69, 9.17) is 4.52 Å². The van der Waals surface area contributed by atoms with Gasteiger partial charge in [0.05, 0.1) is 6.04 Å². The van der Waals surface area contributed by atoms with Gasteiger partial charge in [0, 0.05) is 19.3 Å². The average molecular weight is 262 g/mol. The molecule has 0 saturated heterocycles. The number of carbonyl (C=O) groups is 1. The van der Waals surface area contributed by atoms with E-state index in [0.717, 1.165) is 0 Å². The van der Waals surface area contributed by atoms with Crippen molar-refractivity contribution in [2.75, 3.05) is 7.05 Å². The Labute approximate surface area is 109 Å². The van der Waals surface area contributed by atoms with E-state index in [1.54, 1.807) is 27.0 Å². The lowest BCUT2D eigenvalue weighted by molar-refractivity contribution is 0.0735. The van der Waals surface area contributed by atoms with Gasteiger partial charge in [0.2, 0.25) is 0 Å². The first-order valence-corrected chi connectivity index (χ1v) is 5.74. The predicted octanol–water partition coefficient (Wildman–Crippen LogP) is 0.900. The van der Waals surface area contributed by atoms with Gasteiger partial charge in [-0.2, -0.15) is 0 Å². The fraction of sp³-hybridized carbons (Fsp3) is 0.333. The van der Waals surface area contributed by atoms with Gasteiger partial charge in [-0.05, 0) is 13.8 Å². The Hall–Kier alpha value is -2.44. The zero-order chi connectivity index (χ0) is 14.0. The number of nitrogens with zero attached hydrogens (tertiary/aromatic N) is 3. The van der Waals surface area contributed by atoms with E-state index in [-0.39, 0.29) is 11.6 Å². The van der Waals surface area contributed by atoms with Crippen LogP contribution in [0.3, 0.4) is 0 Å². The zero-order valence-electron chi connectivity index (χ0n) is 10.9. The summed E-state index contributed by atoms with van der Waals surface area (Å²) in [5.74, 6) is 0.0537. The van der Waals surface area contributed by atoms with Crippen LogP contribution in [0.4, 0.5) is 0 Å². The Morgan fingerprint density at radius 1 is 1.53 bits per heavy atom. The first kappa shape index (κ1) is 13.0. The lowest BCUT2D eigenvalue weighted by atomic mass is 10.2. The molecule has 0 unspecified atom stereocenters. The summed E-state index contributed by atoms with van der Waals surface area (Å²) >= 11 is 0. The maximum Gasteiger partial charge on any atom is 0.263 e. The van der Waals surface area contributed by atoms with E-state index in [0.29, 0.717) is 11.5 Å². The largest absolute Gasteiger partial charge is 0.364 e. The number of amides is 1. The second-order valence-electron chi connectivity index (χ2n) is 4.23. The molecule has 1 amide bonds. The summed E-state index contributed by atoms with van der Waals surface area (Å²) in [6.45, 7) is 3.45. The monoisotopic (exact) mass is 262 g/mol. The summed E-state index contributed by atoms with van der Waals surface area (Å²) in [6.07, 6.45) is 2.72. The number of rotatable bonds is 3. The van der Waals surface area contributed by atoms with Crippen molar-refractivity contribution in [3.05, 3.63) is 46.0 Å². The molecule has 2 heterocycles. The van der Waals surface area contributed by atoms with Gasteiger partial charge in [0.25, 0.3) is 11.5 Å². The van der Waals surface area contributed by atoms with Gasteiger partial charge in [-0.25, -0.2) is 4.98 Å². The standard InChI is InChI=1S/C12H14N4O3/c1-7(10-4-5-19-15-10)16(3)12(18)9-6-13-8(2)14-11(9)17/h4-7H,1-3H3,(H,13,14,17)/t7-/m0/s1. The van der Waals surface area contributed by atoms with Crippen molar-refractivity contribution >= 4 is 5.91 Å². The van der Waals surface area contributed by atoms with Crippen molar-refractivity contribution in [3.8, 4) is 0 Å². The van der Waals surface area contributed by atoms with Crippen molar-refractivity contribution in [1.82, 2.24) is 20.0 Å². The van der Waals surface area contributed by atoms with Gasteiger partial charge >= 0.3 is 0 Å². The molecule has 0 aliphatic heterocycles. The number of H-pyrrole nitrogens is 1. The second-order valence-corrected chi connectivity index (χ2v) is 4.23. The number of aryl methyl sites for hydroxylation is 1. The van der Waals surface area contributed by atoms with Crippen LogP contribution in [0, 0.1) is 6.92 Å². The third-order valence-electron chi connectivity index (χ3n) is 2.94. The minimum atomic E-state index is -0.447. The summed E-state index contributed by atoms with van der Waals surface area (Å²) < 4.78 is 4.74. The maximum atomic E-state index is 12.2. The molecular weight excluding hydrogens is 248 g/mol. The van der Waals surface area contributed by atoms with Gasteiger partial charge in [0.1, 0.15) is 23.3 Å². The molecular formula is C12H14N4O3. The van der Waals surface area contributed by atoms with Crippen LogP contribution in [0.1, 0.15) is 34.8 Å². The molecule has 0 aromatic carbocycles. The van der Waals surface area contributed by atoms with Crippen molar-refractivity contribution in [3.63, 3.8) is 0 Å². The molecule has 2 aromatic rings. The quantitative estimate of drug-likeness (QED) is 0.887. The van der Waals surface area contributed by atoms with Crippen molar-refractivity contribution < 1.29 is 9.32 Å². The highest BCUT2D eigenvalue weighted by Gasteiger charge is 2.23. The van der Waals surface area contributed by atoms with Crippen molar-refractivity contribution in [1.29, 1.82) is 0 Å². The highest BCUT2D eigenvalue weighted by Crippen LogP contribution is 2.17. The van der Waals surface area contributed by atoms with Crippen LogP contribution < -0.4 is 5.56 Å². The third kappa shape index (κ3) is 2.54. The number of nitrogens with one attached hydrogen (secondary N) is 1. The fourth-order valence-corrected chi connectivity index (χ4v) is 1.64. The minimum Gasteiger partial charge on any atom is -0.364 e. The SMILES string of the molecule is Cc1ncc(C(=O)N(C)[C@@H](C)c2ccon2)c(=O)[nH]1. The Balaban J connectivity index is 2.26. The van der Waals surface area contributed by atoms with Crippen LogP contribution in [-0.4, -0.2) is 33.0 Å². The average Bonchev–Trinajstić information content (AvgIpc) is 2.90. The highest BCUT2D eigenvalue weighted by molar-refractivity contribution is 5.93. The molecule has 0 radical (unpaired) electrons. The van der Waals surface area contributed by atoms with E-state index in [9.17, 15) is 9.59 Å².